The molecule has 1 amide bonds. The molecule has 0 radical (unpaired) electrons. The molecule has 1 saturated heterocycles. The van der Waals surface area contributed by atoms with Crippen LogP contribution in [0.2, 0.25) is 0 Å². The van der Waals surface area contributed by atoms with Crippen molar-refractivity contribution in [3.05, 3.63) is 28.2 Å². The topological polar surface area (TPSA) is 55.6 Å². The lowest BCUT2D eigenvalue weighted by Gasteiger charge is -2.35. The maximum Gasteiger partial charge on any atom is 0.253 e. The Morgan fingerprint density at radius 1 is 1.53 bits per heavy atom. The second-order valence-corrected chi connectivity index (χ2v) is 5.88. The van der Waals surface area contributed by atoms with Gasteiger partial charge in [-0.15, -0.1) is 0 Å². The van der Waals surface area contributed by atoms with Crippen LogP contribution in [0, 0.1) is 5.92 Å². The summed E-state index contributed by atoms with van der Waals surface area (Å²) in [5, 5.41) is 0. The average Bonchev–Trinajstić information content (AvgIpc) is 2.41. The molecule has 2 atom stereocenters. The van der Waals surface area contributed by atoms with Crippen molar-refractivity contribution in [1.29, 1.82) is 0 Å². The molecule has 0 spiro atoms. The normalized spacial score (nSPS) is 23.3. The van der Waals surface area contributed by atoms with E-state index >= 15 is 0 Å². The van der Waals surface area contributed by atoms with Gasteiger partial charge >= 0.3 is 0 Å². The number of methoxy groups -OCH3 is 1. The van der Waals surface area contributed by atoms with Crippen molar-refractivity contribution in [2.75, 3.05) is 20.2 Å². The molecular formula is C14H19BrN2O2. The average molecular weight is 327 g/mol. The summed E-state index contributed by atoms with van der Waals surface area (Å²) in [6.07, 6.45) is 0.963. The zero-order valence-electron chi connectivity index (χ0n) is 11.2. The van der Waals surface area contributed by atoms with Gasteiger partial charge in [0.15, 0.2) is 0 Å². The first-order chi connectivity index (χ1) is 9.02. The van der Waals surface area contributed by atoms with Gasteiger partial charge in [-0.3, -0.25) is 4.79 Å². The van der Waals surface area contributed by atoms with Crippen LogP contribution < -0.4 is 10.5 Å². The molecule has 1 heterocycles. The number of hydrogen-bond acceptors (Lipinski definition) is 3. The number of benzene rings is 1. The molecule has 2 unspecified atom stereocenters. The maximum absolute atomic E-state index is 12.4. The molecule has 0 saturated carbocycles. The van der Waals surface area contributed by atoms with Gasteiger partial charge in [-0.25, -0.2) is 0 Å². The summed E-state index contributed by atoms with van der Waals surface area (Å²) < 4.78 is 5.95. The third kappa shape index (κ3) is 3.09. The highest BCUT2D eigenvalue weighted by Gasteiger charge is 2.27. The molecule has 0 aliphatic carbocycles. The zero-order chi connectivity index (χ0) is 14.0. The molecule has 2 rings (SSSR count). The van der Waals surface area contributed by atoms with Gasteiger partial charge in [0.2, 0.25) is 0 Å². The molecule has 1 aromatic carbocycles. The fraction of sp³-hybridized carbons (Fsp3) is 0.500. The van der Waals surface area contributed by atoms with Gasteiger partial charge in [0.1, 0.15) is 5.75 Å². The molecule has 1 aliphatic heterocycles. The van der Waals surface area contributed by atoms with Crippen molar-refractivity contribution in [1.82, 2.24) is 4.90 Å². The Morgan fingerprint density at radius 2 is 2.26 bits per heavy atom. The van der Waals surface area contributed by atoms with E-state index in [2.05, 4.69) is 22.9 Å². The number of nitrogens with two attached hydrogens (primary N) is 1. The van der Waals surface area contributed by atoms with Crippen LogP contribution in [-0.2, 0) is 0 Å². The van der Waals surface area contributed by atoms with E-state index in [1.54, 1.807) is 25.3 Å². The summed E-state index contributed by atoms with van der Waals surface area (Å²) in [7, 11) is 1.60. The first-order valence-electron chi connectivity index (χ1n) is 6.41. The lowest BCUT2D eigenvalue weighted by atomic mass is 9.94. The van der Waals surface area contributed by atoms with Crippen molar-refractivity contribution >= 4 is 21.8 Å². The fourth-order valence-electron chi connectivity index (χ4n) is 2.27. The van der Waals surface area contributed by atoms with Gasteiger partial charge in [-0.2, -0.15) is 0 Å². The van der Waals surface area contributed by atoms with Crippen molar-refractivity contribution in [2.45, 2.75) is 19.4 Å². The minimum atomic E-state index is 0.0331. The Bertz CT molecular complexity index is 479. The Labute approximate surface area is 122 Å². The molecule has 0 aromatic heterocycles. The molecular weight excluding hydrogens is 308 g/mol. The van der Waals surface area contributed by atoms with E-state index in [9.17, 15) is 4.79 Å². The zero-order valence-corrected chi connectivity index (χ0v) is 12.8. The molecule has 1 fully saturated rings. The van der Waals surface area contributed by atoms with E-state index in [0.717, 1.165) is 23.2 Å². The van der Waals surface area contributed by atoms with E-state index < -0.39 is 0 Å². The first-order valence-corrected chi connectivity index (χ1v) is 7.20. The van der Waals surface area contributed by atoms with E-state index in [0.29, 0.717) is 18.0 Å². The minimum Gasteiger partial charge on any atom is -0.496 e. The smallest absolute Gasteiger partial charge is 0.253 e. The maximum atomic E-state index is 12.4. The Hall–Kier alpha value is -1.07. The molecule has 4 nitrogen and oxygen atoms in total. The number of halogens is 1. The van der Waals surface area contributed by atoms with Crippen molar-refractivity contribution in [2.24, 2.45) is 11.7 Å². The van der Waals surface area contributed by atoms with Crippen LogP contribution >= 0.6 is 15.9 Å². The Balaban J connectivity index is 2.13. The summed E-state index contributed by atoms with van der Waals surface area (Å²) in [4.78, 5) is 14.2. The van der Waals surface area contributed by atoms with E-state index in [1.807, 2.05) is 4.90 Å². The highest BCUT2D eigenvalue weighted by Crippen LogP contribution is 2.26. The SMILES string of the molecule is COc1ccc(C(=O)N2CCC(C)C(N)C2)cc1Br. The number of ether oxygens (including phenoxy) is 1. The van der Waals surface area contributed by atoms with E-state index in [1.165, 1.54) is 0 Å². The quantitative estimate of drug-likeness (QED) is 0.907. The fourth-order valence-corrected chi connectivity index (χ4v) is 2.81. The predicted molar refractivity (Wildman–Crippen MR) is 78.4 cm³/mol. The number of hydrogen-bond donors (Lipinski definition) is 1. The summed E-state index contributed by atoms with van der Waals surface area (Å²) >= 11 is 3.40. The Kier molecular flexibility index (Phi) is 4.47. The van der Waals surface area contributed by atoms with Crippen LogP contribution in [0.25, 0.3) is 0 Å². The summed E-state index contributed by atoms with van der Waals surface area (Å²) in [6.45, 7) is 3.54. The highest BCUT2D eigenvalue weighted by molar-refractivity contribution is 9.10. The van der Waals surface area contributed by atoms with Crippen LogP contribution in [0.3, 0.4) is 0 Å². The summed E-state index contributed by atoms with van der Waals surface area (Å²) in [5.74, 6) is 1.23. The lowest BCUT2D eigenvalue weighted by Crippen LogP contribution is -2.49. The van der Waals surface area contributed by atoms with Crippen LogP contribution in [0.1, 0.15) is 23.7 Å². The summed E-state index contributed by atoms with van der Waals surface area (Å²) in [5.41, 5.74) is 6.70. The lowest BCUT2D eigenvalue weighted by molar-refractivity contribution is 0.0672. The van der Waals surface area contributed by atoms with Crippen LogP contribution in [0.5, 0.6) is 5.75 Å². The predicted octanol–water partition coefficient (Wildman–Crippen LogP) is 2.27. The molecule has 104 valence electrons. The van der Waals surface area contributed by atoms with Crippen LogP contribution in [0.15, 0.2) is 22.7 Å². The van der Waals surface area contributed by atoms with E-state index in [-0.39, 0.29) is 11.9 Å². The molecule has 1 aromatic rings. The third-order valence-corrected chi connectivity index (χ3v) is 4.32. The van der Waals surface area contributed by atoms with Gasteiger partial charge in [-0.1, -0.05) is 6.92 Å². The Morgan fingerprint density at radius 3 is 2.84 bits per heavy atom. The second-order valence-electron chi connectivity index (χ2n) is 5.03. The van der Waals surface area contributed by atoms with Crippen molar-refractivity contribution in [3.63, 3.8) is 0 Å². The van der Waals surface area contributed by atoms with Gasteiger partial charge in [0, 0.05) is 24.7 Å². The minimum absolute atomic E-state index is 0.0331. The van der Waals surface area contributed by atoms with Crippen molar-refractivity contribution in [3.8, 4) is 5.75 Å². The molecule has 5 heteroatoms. The molecule has 2 N–H and O–H groups in total. The number of nitrogens with zero attached hydrogens (tertiary/aromatic N) is 1. The van der Waals surface area contributed by atoms with E-state index in [4.69, 9.17) is 10.5 Å². The highest BCUT2D eigenvalue weighted by atomic mass is 79.9. The van der Waals surface area contributed by atoms with Gasteiger partial charge in [-0.05, 0) is 46.5 Å². The monoisotopic (exact) mass is 326 g/mol. The molecule has 19 heavy (non-hydrogen) atoms. The number of likely N-dealkylation sites (tertiary alicyclic amines) is 1. The van der Waals surface area contributed by atoms with Crippen LogP contribution in [-0.4, -0.2) is 37.0 Å². The molecule has 0 bridgehead atoms. The van der Waals surface area contributed by atoms with Gasteiger partial charge in [0.25, 0.3) is 5.91 Å². The number of piperidine rings is 1. The van der Waals surface area contributed by atoms with Crippen LogP contribution in [0.4, 0.5) is 0 Å². The number of rotatable bonds is 2. The standard InChI is InChI=1S/C14H19BrN2O2/c1-9-5-6-17(8-12(9)16)14(18)10-3-4-13(19-2)11(15)7-10/h3-4,7,9,12H,5-6,8,16H2,1-2H3. The van der Waals surface area contributed by atoms with Gasteiger partial charge in [0.05, 0.1) is 11.6 Å². The molecule has 1 aliphatic rings. The second kappa shape index (κ2) is 5.92. The largest absolute Gasteiger partial charge is 0.496 e. The number of amides is 1. The first kappa shape index (κ1) is 14.3. The number of carbonyl (C=O) groups excluding carboxylic acids is 1. The third-order valence-electron chi connectivity index (χ3n) is 3.70. The number of carbonyl (C=O) groups is 1. The van der Waals surface area contributed by atoms with Crippen molar-refractivity contribution < 1.29 is 9.53 Å². The van der Waals surface area contributed by atoms with Gasteiger partial charge < -0.3 is 15.4 Å². The summed E-state index contributed by atoms with van der Waals surface area (Å²) in [6, 6.07) is 5.45.